The lowest BCUT2D eigenvalue weighted by atomic mass is 9.89. The Labute approximate surface area is 158 Å². The Morgan fingerprint density at radius 3 is 2.56 bits per heavy atom. The molecule has 7 heteroatoms. The van der Waals surface area contributed by atoms with Gasteiger partial charge in [0.1, 0.15) is 5.82 Å². The first-order valence-electron chi connectivity index (χ1n) is 9.04. The van der Waals surface area contributed by atoms with Crippen LogP contribution in [0.3, 0.4) is 0 Å². The highest BCUT2D eigenvalue weighted by Gasteiger charge is 2.34. The minimum atomic E-state index is -0.671. The number of amides is 2. The predicted octanol–water partition coefficient (Wildman–Crippen LogP) is 2.49. The van der Waals surface area contributed by atoms with Gasteiger partial charge in [-0.2, -0.15) is 0 Å². The van der Waals surface area contributed by atoms with Crippen molar-refractivity contribution in [3.05, 3.63) is 47.7 Å². The fourth-order valence-corrected chi connectivity index (χ4v) is 3.41. The zero-order chi connectivity index (χ0) is 19.6. The second-order valence-corrected chi connectivity index (χ2v) is 7.20. The number of rotatable bonds is 2. The third-order valence-corrected chi connectivity index (χ3v) is 4.97. The molecule has 1 aromatic heterocycles. The summed E-state index contributed by atoms with van der Waals surface area (Å²) in [7, 11) is 0. The molecule has 7 nitrogen and oxygen atoms in total. The summed E-state index contributed by atoms with van der Waals surface area (Å²) < 4.78 is 0. The number of piperidine rings is 1. The second kappa shape index (κ2) is 7.65. The Bertz CT molecular complexity index is 850. The summed E-state index contributed by atoms with van der Waals surface area (Å²) in [6.07, 6.45) is 3.26. The van der Waals surface area contributed by atoms with Gasteiger partial charge >= 0.3 is 11.8 Å². The van der Waals surface area contributed by atoms with Crippen LogP contribution in [0.5, 0.6) is 0 Å². The van der Waals surface area contributed by atoms with Crippen molar-refractivity contribution in [1.82, 2.24) is 9.88 Å². The van der Waals surface area contributed by atoms with Crippen LogP contribution in [0, 0.1) is 12.8 Å². The van der Waals surface area contributed by atoms with Crippen LogP contribution in [0.25, 0.3) is 0 Å². The molecule has 1 aliphatic heterocycles. The quantitative estimate of drug-likeness (QED) is 0.557. The maximum absolute atomic E-state index is 12.9. The molecule has 0 unspecified atom stereocenters. The van der Waals surface area contributed by atoms with Crippen LogP contribution in [0.1, 0.15) is 36.9 Å². The van der Waals surface area contributed by atoms with E-state index < -0.39 is 11.8 Å². The van der Waals surface area contributed by atoms with Crippen molar-refractivity contribution >= 4 is 29.0 Å². The van der Waals surface area contributed by atoms with Crippen molar-refractivity contribution < 1.29 is 9.59 Å². The van der Waals surface area contributed by atoms with Crippen molar-refractivity contribution in [2.75, 3.05) is 23.3 Å². The SMILES string of the molecule is Cc1cc(NC(=O)C(=O)N2C[C@H](C)CC[C@H]2c2ccc(N)cc2)cnc1N. The number of hydrogen-bond donors (Lipinski definition) is 3. The number of anilines is 3. The van der Waals surface area contributed by atoms with Crippen molar-refractivity contribution in [3.63, 3.8) is 0 Å². The Morgan fingerprint density at radius 2 is 1.89 bits per heavy atom. The molecule has 0 aliphatic carbocycles. The summed E-state index contributed by atoms with van der Waals surface area (Å²) in [6.45, 7) is 4.42. The molecule has 5 N–H and O–H groups in total. The number of carbonyl (C=O) groups excluding carboxylic acids is 2. The predicted molar refractivity (Wildman–Crippen MR) is 106 cm³/mol. The summed E-state index contributed by atoms with van der Waals surface area (Å²) in [6, 6.07) is 9.04. The lowest BCUT2D eigenvalue weighted by molar-refractivity contribution is -0.146. The average molecular weight is 367 g/mol. The van der Waals surface area contributed by atoms with E-state index >= 15 is 0 Å². The van der Waals surface area contributed by atoms with Gasteiger partial charge in [0, 0.05) is 12.2 Å². The number of aryl methyl sites for hydroxylation is 1. The van der Waals surface area contributed by atoms with Crippen molar-refractivity contribution in [2.24, 2.45) is 5.92 Å². The van der Waals surface area contributed by atoms with Gasteiger partial charge in [0.25, 0.3) is 0 Å². The van der Waals surface area contributed by atoms with Crippen LogP contribution in [-0.2, 0) is 9.59 Å². The number of nitrogens with two attached hydrogens (primary N) is 2. The monoisotopic (exact) mass is 367 g/mol. The van der Waals surface area contributed by atoms with Gasteiger partial charge in [0.15, 0.2) is 0 Å². The minimum Gasteiger partial charge on any atom is -0.399 e. The van der Waals surface area contributed by atoms with Gasteiger partial charge in [-0.3, -0.25) is 9.59 Å². The zero-order valence-electron chi connectivity index (χ0n) is 15.6. The van der Waals surface area contributed by atoms with Crippen LogP contribution < -0.4 is 16.8 Å². The van der Waals surface area contributed by atoms with E-state index in [-0.39, 0.29) is 6.04 Å². The molecule has 2 heterocycles. The number of nitrogens with zero attached hydrogens (tertiary/aromatic N) is 2. The largest absolute Gasteiger partial charge is 0.399 e. The topological polar surface area (TPSA) is 114 Å². The summed E-state index contributed by atoms with van der Waals surface area (Å²) in [5.41, 5.74) is 14.3. The fraction of sp³-hybridized carbons (Fsp3) is 0.350. The molecule has 1 saturated heterocycles. The molecule has 1 aromatic carbocycles. The Morgan fingerprint density at radius 1 is 1.19 bits per heavy atom. The Hall–Kier alpha value is -3.09. The van der Waals surface area contributed by atoms with Crippen LogP contribution in [0.15, 0.2) is 36.5 Å². The molecule has 0 saturated carbocycles. The van der Waals surface area contributed by atoms with E-state index in [0.717, 1.165) is 24.0 Å². The summed E-state index contributed by atoms with van der Waals surface area (Å²) in [5.74, 6) is -0.479. The van der Waals surface area contributed by atoms with Crippen molar-refractivity contribution in [1.29, 1.82) is 0 Å². The number of nitrogen functional groups attached to an aromatic ring is 2. The van der Waals surface area contributed by atoms with Gasteiger partial charge in [0.05, 0.1) is 17.9 Å². The van der Waals surface area contributed by atoms with Crippen molar-refractivity contribution in [3.8, 4) is 0 Å². The lowest BCUT2D eigenvalue weighted by Crippen LogP contribution is -2.46. The number of benzene rings is 1. The van der Waals surface area contributed by atoms with Gasteiger partial charge in [-0.15, -0.1) is 0 Å². The maximum Gasteiger partial charge on any atom is 0.313 e. The molecule has 2 amide bonds. The Kier molecular flexibility index (Phi) is 5.30. The molecule has 0 spiro atoms. The van der Waals surface area contributed by atoms with Gasteiger partial charge in [-0.05, 0) is 55.0 Å². The zero-order valence-corrected chi connectivity index (χ0v) is 15.6. The van der Waals surface area contributed by atoms with Gasteiger partial charge in [0.2, 0.25) is 0 Å². The standard InChI is InChI=1S/C20H25N5O2/c1-12-3-8-17(14-4-6-15(21)7-5-14)25(11-12)20(27)19(26)24-16-9-13(2)18(22)23-10-16/h4-7,9-10,12,17H,3,8,11,21H2,1-2H3,(H2,22,23)(H,24,26)/t12-,17+/m1/s1. The summed E-state index contributed by atoms with van der Waals surface area (Å²) >= 11 is 0. The van der Waals surface area contributed by atoms with E-state index in [1.165, 1.54) is 6.20 Å². The van der Waals surface area contributed by atoms with Crippen LogP contribution >= 0.6 is 0 Å². The smallest absolute Gasteiger partial charge is 0.313 e. The molecule has 27 heavy (non-hydrogen) atoms. The first-order chi connectivity index (χ1) is 12.8. The molecule has 1 fully saturated rings. The van der Waals surface area contributed by atoms with E-state index in [4.69, 9.17) is 11.5 Å². The molecule has 0 bridgehead atoms. The van der Waals surface area contributed by atoms with Gasteiger partial charge in [-0.1, -0.05) is 19.1 Å². The number of hydrogen-bond acceptors (Lipinski definition) is 5. The molecular weight excluding hydrogens is 342 g/mol. The van der Waals surface area contributed by atoms with Gasteiger partial charge in [-0.25, -0.2) is 4.98 Å². The number of likely N-dealkylation sites (tertiary alicyclic amines) is 1. The number of aromatic nitrogens is 1. The van der Waals surface area contributed by atoms with Crippen LogP contribution in [-0.4, -0.2) is 28.2 Å². The first kappa shape index (κ1) is 18.7. The first-order valence-corrected chi connectivity index (χ1v) is 9.04. The second-order valence-electron chi connectivity index (χ2n) is 7.20. The average Bonchev–Trinajstić information content (AvgIpc) is 2.65. The molecule has 2 aromatic rings. The van der Waals surface area contributed by atoms with Gasteiger partial charge < -0.3 is 21.7 Å². The third-order valence-electron chi connectivity index (χ3n) is 4.97. The van der Waals surface area contributed by atoms with Crippen molar-refractivity contribution in [2.45, 2.75) is 32.7 Å². The van der Waals surface area contributed by atoms with E-state index in [0.29, 0.717) is 29.7 Å². The normalized spacial score (nSPS) is 19.6. The van der Waals surface area contributed by atoms with Crippen LogP contribution in [0.4, 0.5) is 17.2 Å². The lowest BCUT2D eigenvalue weighted by Gasteiger charge is -2.38. The van der Waals surface area contributed by atoms with E-state index in [1.54, 1.807) is 17.9 Å². The number of nitrogens with one attached hydrogen (secondary N) is 1. The molecule has 1 aliphatic rings. The van der Waals surface area contributed by atoms with E-state index in [1.807, 2.05) is 24.3 Å². The molecule has 142 valence electrons. The highest BCUT2D eigenvalue weighted by atomic mass is 16.2. The number of carbonyl (C=O) groups is 2. The molecular formula is C20H25N5O2. The molecule has 0 radical (unpaired) electrons. The Balaban J connectivity index is 1.79. The molecule has 3 rings (SSSR count). The van der Waals surface area contributed by atoms with E-state index in [2.05, 4.69) is 17.2 Å². The highest BCUT2D eigenvalue weighted by molar-refractivity contribution is 6.39. The maximum atomic E-state index is 12.9. The molecule has 2 atom stereocenters. The van der Waals surface area contributed by atoms with E-state index in [9.17, 15) is 9.59 Å². The highest BCUT2D eigenvalue weighted by Crippen LogP contribution is 2.33. The summed E-state index contributed by atoms with van der Waals surface area (Å²) in [4.78, 5) is 31.1. The third kappa shape index (κ3) is 4.19. The summed E-state index contributed by atoms with van der Waals surface area (Å²) in [5, 5.41) is 2.63. The fourth-order valence-electron chi connectivity index (χ4n) is 3.41. The minimum absolute atomic E-state index is 0.133. The number of pyridine rings is 1. The van der Waals surface area contributed by atoms with Crippen LogP contribution in [0.2, 0.25) is 0 Å².